The minimum Gasteiger partial charge on any atom is -0.373 e. The van der Waals surface area contributed by atoms with Gasteiger partial charge >= 0.3 is 0 Å². The number of hydrogen-bond acceptors (Lipinski definition) is 5. The molecule has 1 fully saturated rings. The standard InChI is InChI=1S/C13H23N5O2/c1-10-17-11(20-18-10)5-7-15-12(14-3)16-9-13(2)6-4-8-19-13/h4-9H2,1-3H3,(H2,14,15,16). The Morgan fingerprint density at radius 2 is 2.30 bits per heavy atom. The van der Waals surface area contributed by atoms with Crippen LogP contribution in [-0.4, -0.2) is 48.4 Å². The molecule has 7 nitrogen and oxygen atoms in total. The molecule has 2 N–H and O–H groups in total. The molecule has 112 valence electrons. The predicted molar refractivity (Wildman–Crippen MR) is 75.7 cm³/mol. The van der Waals surface area contributed by atoms with Gasteiger partial charge in [0.15, 0.2) is 11.8 Å². The molecule has 2 rings (SSSR count). The summed E-state index contributed by atoms with van der Waals surface area (Å²) in [6.07, 6.45) is 2.88. The molecule has 0 radical (unpaired) electrons. The number of aryl methyl sites for hydroxylation is 1. The summed E-state index contributed by atoms with van der Waals surface area (Å²) in [6.45, 7) is 6.23. The maximum atomic E-state index is 5.73. The molecule has 7 heteroatoms. The zero-order valence-electron chi connectivity index (χ0n) is 12.4. The van der Waals surface area contributed by atoms with Crippen LogP contribution in [0.4, 0.5) is 0 Å². The van der Waals surface area contributed by atoms with Gasteiger partial charge in [0, 0.05) is 33.2 Å². The molecule has 1 unspecified atom stereocenters. The number of rotatable bonds is 5. The molecule has 0 aromatic carbocycles. The first-order valence-electron chi connectivity index (χ1n) is 6.99. The van der Waals surface area contributed by atoms with Gasteiger partial charge in [0.1, 0.15) is 0 Å². The second kappa shape index (κ2) is 6.69. The average Bonchev–Trinajstić information content (AvgIpc) is 3.03. The number of nitrogens with zero attached hydrogens (tertiary/aromatic N) is 3. The van der Waals surface area contributed by atoms with Crippen molar-refractivity contribution < 1.29 is 9.26 Å². The SMILES string of the molecule is CN=C(NCCc1nc(C)no1)NCC1(C)CCCO1. The molecule has 1 aromatic rings. The van der Waals surface area contributed by atoms with Gasteiger partial charge in [0.2, 0.25) is 5.89 Å². The largest absolute Gasteiger partial charge is 0.373 e. The Labute approximate surface area is 119 Å². The molecule has 1 aliphatic heterocycles. The topological polar surface area (TPSA) is 84.6 Å². The van der Waals surface area contributed by atoms with Crippen LogP contribution in [0.1, 0.15) is 31.5 Å². The van der Waals surface area contributed by atoms with Crippen LogP contribution in [-0.2, 0) is 11.2 Å². The van der Waals surface area contributed by atoms with Crippen molar-refractivity contribution in [3.05, 3.63) is 11.7 Å². The van der Waals surface area contributed by atoms with E-state index in [4.69, 9.17) is 9.26 Å². The third kappa shape index (κ3) is 4.19. The Bertz CT molecular complexity index is 451. The van der Waals surface area contributed by atoms with E-state index in [1.807, 2.05) is 6.92 Å². The van der Waals surface area contributed by atoms with Crippen molar-refractivity contribution in [2.24, 2.45) is 4.99 Å². The highest BCUT2D eigenvalue weighted by atomic mass is 16.5. The van der Waals surface area contributed by atoms with E-state index in [0.29, 0.717) is 24.7 Å². The molecule has 20 heavy (non-hydrogen) atoms. The van der Waals surface area contributed by atoms with E-state index < -0.39 is 0 Å². The normalized spacial score (nSPS) is 23.1. The number of aliphatic imine (C=N–C) groups is 1. The molecule has 0 amide bonds. The third-order valence-electron chi connectivity index (χ3n) is 3.35. The van der Waals surface area contributed by atoms with Gasteiger partial charge < -0.3 is 19.9 Å². The maximum absolute atomic E-state index is 5.73. The number of nitrogens with one attached hydrogen (secondary N) is 2. The highest BCUT2D eigenvalue weighted by Gasteiger charge is 2.29. The lowest BCUT2D eigenvalue weighted by atomic mass is 10.0. The summed E-state index contributed by atoms with van der Waals surface area (Å²) in [5.41, 5.74) is -0.0821. The fourth-order valence-corrected chi connectivity index (χ4v) is 2.20. The maximum Gasteiger partial charge on any atom is 0.228 e. The van der Waals surface area contributed by atoms with E-state index in [1.54, 1.807) is 7.05 Å². The summed E-state index contributed by atoms with van der Waals surface area (Å²) in [4.78, 5) is 8.34. The number of hydrogen-bond donors (Lipinski definition) is 2. The van der Waals surface area contributed by atoms with Gasteiger partial charge in [-0.2, -0.15) is 4.98 Å². The van der Waals surface area contributed by atoms with Crippen LogP contribution in [0.2, 0.25) is 0 Å². The highest BCUT2D eigenvalue weighted by Crippen LogP contribution is 2.23. The average molecular weight is 281 g/mol. The molecule has 1 atom stereocenters. The van der Waals surface area contributed by atoms with Gasteiger partial charge in [-0.25, -0.2) is 0 Å². The number of guanidine groups is 1. The van der Waals surface area contributed by atoms with E-state index in [-0.39, 0.29) is 5.60 Å². The summed E-state index contributed by atoms with van der Waals surface area (Å²) in [5, 5.41) is 10.3. The summed E-state index contributed by atoms with van der Waals surface area (Å²) >= 11 is 0. The Hall–Kier alpha value is -1.63. The van der Waals surface area contributed by atoms with Crippen molar-refractivity contribution >= 4 is 5.96 Å². The molecule has 0 aliphatic carbocycles. The fraction of sp³-hybridized carbons (Fsp3) is 0.769. The Morgan fingerprint density at radius 1 is 1.45 bits per heavy atom. The molecular formula is C13H23N5O2. The van der Waals surface area contributed by atoms with E-state index in [1.165, 1.54) is 0 Å². The minimum atomic E-state index is -0.0821. The molecule has 0 bridgehead atoms. The third-order valence-corrected chi connectivity index (χ3v) is 3.35. The number of aromatic nitrogens is 2. The van der Waals surface area contributed by atoms with Crippen LogP contribution in [0.15, 0.2) is 9.52 Å². The quantitative estimate of drug-likeness (QED) is 0.609. The van der Waals surface area contributed by atoms with E-state index in [9.17, 15) is 0 Å². The Balaban J connectivity index is 1.70. The first-order valence-corrected chi connectivity index (χ1v) is 6.99. The molecule has 1 aromatic heterocycles. The Kier molecular flexibility index (Phi) is 4.94. The lowest BCUT2D eigenvalue weighted by molar-refractivity contribution is 0.0243. The summed E-state index contributed by atoms with van der Waals surface area (Å²) in [5.74, 6) is 2.06. The second-order valence-corrected chi connectivity index (χ2v) is 5.24. The van der Waals surface area contributed by atoms with E-state index >= 15 is 0 Å². The lowest BCUT2D eigenvalue weighted by Crippen LogP contribution is -2.45. The van der Waals surface area contributed by atoms with Crippen LogP contribution in [0.25, 0.3) is 0 Å². The first-order chi connectivity index (χ1) is 9.61. The van der Waals surface area contributed by atoms with Crippen molar-refractivity contribution in [3.8, 4) is 0 Å². The molecule has 0 spiro atoms. The van der Waals surface area contributed by atoms with Crippen LogP contribution >= 0.6 is 0 Å². The minimum absolute atomic E-state index is 0.0821. The summed E-state index contributed by atoms with van der Waals surface area (Å²) < 4.78 is 10.8. The number of ether oxygens (including phenoxy) is 1. The van der Waals surface area contributed by atoms with Gasteiger partial charge in [-0.1, -0.05) is 5.16 Å². The van der Waals surface area contributed by atoms with Crippen molar-refractivity contribution in [2.75, 3.05) is 26.7 Å². The molecule has 1 saturated heterocycles. The van der Waals surface area contributed by atoms with Gasteiger partial charge in [0.05, 0.1) is 5.60 Å². The first kappa shape index (κ1) is 14.8. The smallest absolute Gasteiger partial charge is 0.228 e. The monoisotopic (exact) mass is 281 g/mol. The Morgan fingerprint density at radius 3 is 2.90 bits per heavy atom. The van der Waals surface area contributed by atoms with Crippen molar-refractivity contribution in [1.29, 1.82) is 0 Å². The summed E-state index contributed by atoms with van der Waals surface area (Å²) in [7, 11) is 1.75. The molecular weight excluding hydrogens is 258 g/mol. The summed E-state index contributed by atoms with van der Waals surface area (Å²) in [6, 6.07) is 0. The van der Waals surface area contributed by atoms with Crippen molar-refractivity contribution in [3.63, 3.8) is 0 Å². The van der Waals surface area contributed by atoms with Gasteiger partial charge in [-0.05, 0) is 26.7 Å². The fourth-order valence-electron chi connectivity index (χ4n) is 2.20. The van der Waals surface area contributed by atoms with Crippen LogP contribution in [0, 0.1) is 6.92 Å². The van der Waals surface area contributed by atoms with Crippen LogP contribution in [0.5, 0.6) is 0 Å². The van der Waals surface area contributed by atoms with E-state index in [2.05, 4.69) is 32.7 Å². The van der Waals surface area contributed by atoms with Gasteiger partial charge in [0.25, 0.3) is 0 Å². The lowest BCUT2D eigenvalue weighted by Gasteiger charge is -2.24. The zero-order chi connectivity index (χ0) is 14.4. The van der Waals surface area contributed by atoms with Crippen molar-refractivity contribution in [2.45, 2.75) is 38.7 Å². The van der Waals surface area contributed by atoms with Gasteiger partial charge in [-0.15, -0.1) is 0 Å². The van der Waals surface area contributed by atoms with Crippen molar-refractivity contribution in [1.82, 2.24) is 20.8 Å². The highest BCUT2D eigenvalue weighted by molar-refractivity contribution is 5.79. The van der Waals surface area contributed by atoms with Crippen LogP contribution < -0.4 is 10.6 Å². The second-order valence-electron chi connectivity index (χ2n) is 5.24. The zero-order valence-corrected chi connectivity index (χ0v) is 12.4. The molecule has 1 aliphatic rings. The van der Waals surface area contributed by atoms with Crippen LogP contribution in [0.3, 0.4) is 0 Å². The van der Waals surface area contributed by atoms with Gasteiger partial charge in [-0.3, -0.25) is 4.99 Å². The molecule has 2 heterocycles. The molecule has 0 saturated carbocycles. The predicted octanol–water partition coefficient (Wildman–Crippen LogP) is 0.655. The van der Waals surface area contributed by atoms with E-state index in [0.717, 1.165) is 32.0 Å².